The minimum atomic E-state index is 0.530. The molecule has 0 bridgehead atoms. The third-order valence-corrected chi connectivity index (χ3v) is 3.71. The van der Waals surface area contributed by atoms with Gasteiger partial charge in [0.2, 0.25) is 5.95 Å². The van der Waals surface area contributed by atoms with Crippen molar-refractivity contribution in [3.63, 3.8) is 0 Å². The molecule has 0 atom stereocenters. The zero-order valence-electron chi connectivity index (χ0n) is 13.2. The van der Waals surface area contributed by atoms with Gasteiger partial charge in [0.25, 0.3) is 0 Å². The van der Waals surface area contributed by atoms with Crippen LogP contribution in [0.1, 0.15) is 17.7 Å². The van der Waals surface area contributed by atoms with Crippen LogP contribution in [-0.2, 0) is 6.42 Å². The normalized spacial score (nSPS) is 15.3. The van der Waals surface area contributed by atoms with Crippen molar-refractivity contribution < 1.29 is 0 Å². The second-order valence-corrected chi connectivity index (χ2v) is 5.35. The van der Waals surface area contributed by atoms with E-state index >= 15 is 0 Å². The fourth-order valence-corrected chi connectivity index (χ4v) is 2.48. The molecule has 0 amide bonds. The van der Waals surface area contributed by atoms with Gasteiger partial charge in [0.05, 0.1) is 11.3 Å². The quantitative estimate of drug-likeness (QED) is 0.823. The number of nitrogens with zero attached hydrogens (tertiary/aromatic N) is 4. The Balaban J connectivity index is 1.71. The van der Waals surface area contributed by atoms with E-state index in [2.05, 4.69) is 31.7 Å². The Bertz CT molecular complexity index is 789. The highest BCUT2D eigenvalue weighted by Gasteiger charge is 2.11. The number of nitriles is 1. The maximum Gasteiger partial charge on any atom is 0.223 e. The van der Waals surface area contributed by atoms with Crippen LogP contribution in [0, 0.1) is 11.3 Å². The van der Waals surface area contributed by atoms with Gasteiger partial charge in [-0.2, -0.15) is 5.26 Å². The van der Waals surface area contributed by atoms with Crippen LogP contribution in [0.2, 0.25) is 0 Å². The molecular weight excluding hydrogens is 300 g/mol. The van der Waals surface area contributed by atoms with E-state index in [1.165, 1.54) is 0 Å². The van der Waals surface area contributed by atoms with Crippen molar-refractivity contribution in [2.45, 2.75) is 12.8 Å². The maximum absolute atomic E-state index is 9.50. The average molecular weight is 318 g/mol. The minimum Gasteiger partial charge on any atom is -0.391 e. The molecule has 6 heteroatoms. The third kappa shape index (κ3) is 3.96. The lowest BCUT2D eigenvalue weighted by Crippen LogP contribution is -2.13. The largest absolute Gasteiger partial charge is 0.391 e. The monoisotopic (exact) mass is 318 g/mol. The van der Waals surface area contributed by atoms with Crippen molar-refractivity contribution in [2.24, 2.45) is 0 Å². The molecule has 24 heavy (non-hydrogen) atoms. The first-order valence-electron chi connectivity index (χ1n) is 7.86. The summed E-state index contributed by atoms with van der Waals surface area (Å²) in [5, 5.41) is 15.8. The van der Waals surface area contributed by atoms with Gasteiger partial charge in [-0.3, -0.25) is 4.98 Å². The van der Waals surface area contributed by atoms with Crippen molar-refractivity contribution >= 4 is 11.5 Å². The van der Waals surface area contributed by atoms with Gasteiger partial charge < -0.3 is 10.6 Å². The molecule has 0 aromatic carbocycles. The molecule has 2 aromatic rings. The molecule has 0 unspecified atom stereocenters. The number of pyridine rings is 1. The Morgan fingerprint density at radius 2 is 2.29 bits per heavy atom. The zero-order valence-corrected chi connectivity index (χ0v) is 13.2. The predicted octanol–water partition coefficient (Wildman–Crippen LogP) is 2.31. The lowest BCUT2D eigenvalue weighted by Gasteiger charge is -2.12. The van der Waals surface area contributed by atoms with E-state index in [9.17, 15) is 5.26 Å². The Hall–Kier alpha value is -3.20. The van der Waals surface area contributed by atoms with Gasteiger partial charge in [0, 0.05) is 31.7 Å². The van der Waals surface area contributed by atoms with E-state index in [-0.39, 0.29) is 0 Å². The van der Waals surface area contributed by atoms with Crippen molar-refractivity contribution in [3.05, 3.63) is 65.9 Å². The highest BCUT2D eigenvalue weighted by Crippen LogP contribution is 2.21. The van der Waals surface area contributed by atoms with Crippen LogP contribution < -0.4 is 10.6 Å². The van der Waals surface area contributed by atoms with Crippen molar-refractivity contribution in [1.29, 1.82) is 5.26 Å². The van der Waals surface area contributed by atoms with E-state index < -0.39 is 0 Å². The number of allylic oxidation sites excluding steroid dienone is 2. The Kier molecular flexibility index (Phi) is 5.15. The van der Waals surface area contributed by atoms with Gasteiger partial charge >= 0.3 is 0 Å². The zero-order chi connectivity index (χ0) is 16.6. The van der Waals surface area contributed by atoms with Crippen LogP contribution in [0.25, 0.3) is 5.57 Å². The van der Waals surface area contributed by atoms with Crippen LogP contribution in [0.4, 0.5) is 5.95 Å². The first-order chi connectivity index (χ1) is 11.9. The van der Waals surface area contributed by atoms with E-state index in [4.69, 9.17) is 0 Å². The van der Waals surface area contributed by atoms with E-state index in [0.717, 1.165) is 30.5 Å². The maximum atomic E-state index is 9.50. The summed E-state index contributed by atoms with van der Waals surface area (Å²) >= 11 is 0. The van der Waals surface area contributed by atoms with Gasteiger partial charge in [0.1, 0.15) is 6.07 Å². The molecule has 3 rings (SSSR count). The molecule has 0 saturated heterocycles. The van der Waals surface area contributed by atoms with Crippen LogP contribution in [0.3, 0.4) is 0 Å². The number of anilines is 1. The molecule has 0 spiro atoms. The van der Waals surface area contributed by atoms with Gasteiger partial charge in [-0.1, -0.05) is 6.07 Å². The van der Waals surface area contributed by atoms with Crippen LogP contribution >= 0.6 is 0 Å². The Morgan fingerprint density at radius 1 is 1.33 bits per heavy atom. The van der Waals surface area contributed by atoms with E-state index in [0.29, 0.717) is 23.8 Å². The standard InChI is InChI=1S/C18H18N6/c19-12-16(15-4-8-20-9-5-15)17-6-11-23-18(24-17)22-10-3-14-2-1-7-21-13-14/h1-2,4,6-8,11,13,20H,3,5,9-10H2,(H,22,23,24)/b16-15-. The Morgan fingerprint density at radius 3 is 3.04 bits per heavy atom. The predicted molar refractivity (Wildman–Crippen MR) is 92.8 cm³/mol. The average Bonchev–Trinajstić information content (AvgIpc) is 2.65. The van der Waals surface area contributed by atoms with Crippen molar-refractivity contribution in [1.82, 2.24) is 20.3 Å². The summed E-state index contributed by atoms with van der Waals surface area (Å²) in [4.78, 5) is 12.8. The molecule has 1 aliphatic heterocycles. The highest BCUT2D eigenvalue weighted by atomic mass is 15.1. The van der Waals surface area contributed by atoms with Crippen LogP contribution in [0.5, 0.6) is 0 Å². The lowest BCUT2D eigenvalue weighted by molar-refractivity contribution is 0.809. The summed E-state index contributed by atoms with van der Waals surface area (Å²) in [7, 11) is 0. The summed E-state index contributed by atoms with van der Waals surface area (Å²) < 4.78 is 0. The van der Waals surface area contributed by atoms with Crippen molar-refractivity contribution in [3.8, 4) is 6.07 Å². The first kappa shape index (κ1) is 15.7. The lowest BCUT2D eigenvalue weighted by atomic mass is 10.0. The smallest absolute Gasteiger partial charge is 0.223 e. The topological polar surface area (TPSA) is 86.5 Å². The number of hydrogen-bond donors (Lipinski definition) is 2. The van der Waals surface area contributed by atoms with Crippen molar-refractivity contribution in [2.75, 3.05) is 18.4 Å². The highest BCUT2D eigenvalue weighted by molar-refractivity contribution is 5.79. The summed E-state index contributed by atoms with van der Waals surface area (Å²) in [6.07, 6.45) is 10.7. The molecular formula is C18H18N6. The fraction of sp³-hybridized carbons (Fsp3) is 0.222. The van der Waals surface area contributed by atoms with Gasteiger partial charge in [-0.25, -0.2) is 9.97 Å². The SMILES string of the molecule is N#C/C(=C1\C=CNCC1)c1ccnc(NCCc2cccnc2)n1. The van der Waals surface area contributed by atoms with Gasteiger partial charge in [-0.05, 0) is 48.4 Å². The Labute approximate surface area is 141 Å². The molecule has 0 saturated carbocycles. The van der Waals surface area contributed by atoms with Gasteiger partial charge in [-0.15, -0.1) is 0 Å². The van der Waals surface area contributed by atoms with Crippen LogP contribution in [0.15, 0.2) is 54.6 Å². The molecule has 3 heterocycles. The number of aromatic nitrogens is 3. The first-order valence-corrected chi connectivity index (χ1v) is 7.86. The molecule has 120 valence electrons. The summed E-state index contributed by atoms with van der Waals surface area (Å²) in [6, 6.07) is 8.00. The molecule has 6 nitrogen and oxygen atoms in total. The van der Waals surface area contributed by atoms with E-state index in [1.807, 2.05) is 30.6 Å². The molecule has 2 aromatic heterocycles. The molecule has 2 N–H and O–H groups in total. The molecule has 0 fully saturated rings. The molecule has 0 aliphatic carbocycles. The summed E-state index contributed by atoms with van der Waals surface area (Å²) in [5.74, 6) is 0.530. The summed E-state index contributed by atoms with van der Waals surface area (Å²) in [6.45, 7) is 1.54. The van der Waals surface area contributed by atoms with Gasteiger partial charge in [0.15, 0.2) is 0 Å². The number of hydrogen-bond acceptors (Lipinski definition) is 6. The number of rotatable bonds is 5. The minimum absolute atomic E-state index is 0.530. The van der Waals surface area contributed by atoms with E-state index in [1.54, 1.807) is 18.5 Å². The fourth-order valence-electron chi connectivity index (χ4n) is 2.48. The summed E-state index contributed by atoms with van der Waals surface area (Å²) in [5.41, 5.74) is 3.40. The second kappa shape index (κ2) is 7.88. The molecule has 0 radical (unpaired) electrons. The second-order valence-electron chi connectivity index (χ2n) is 5.35. The van der Waals surface area contributed by atoms with Crippen LogP contribution in [-0.4, -0.2) is 28.0 Å². The molecule has 1 aliphatic rings. The number of nitrogens with one attached hydrogen (secondary N) is 2. The third-order valence-electron chi connectivity index (χ3n) is 3.71.